The maximum absolute atomic E-state index is 5.28. The topological polar surface area (TPSA) is 47.0 Å². The zero-order valence-corrected chi connectivity index (χ0v) is 8.95. The van der Waals surface area contributed by atoms with E-state index in [1.165, 1.54) is 6.33 Å². The molecule has 1 rings (SSSR count). The fourth-order valence-corrected chi connectivity index (χ4v) is 1.00. The third-order valence-corrected chi connectivity index (χ3v) is 2.05. The van der Waals surface area contributed by atoms with Gasteiger partial charge in [0, 0.05) is 38.2 Å². The highest BCUT2D eigenvalue weighted by molar-refractivity contribution is 5.01. The minimum absolute atomic E-state index is 0.129. The minimum Gasteiger partial charge on any atom is -0.377 e. The van der Waals surface area contributed by atoms with Gasteiger partial charge in [0.15, 0.2) is 0 Å². The second kappa shape index (κ2) is 5.02. The highest BCUT2D eigenvalue weighted by atomic mass is 16.5. The van der Waals surface area contributed by atoms with E-state index in [2.05, 4.69) is 15.3 Å². The maximum atomic E-state index is 5.28. The molecule has 0 fully saturated rings. The van der Waals surface area contributed by atoms with Gasteiger partial charge >= 0.3 is 0 Å². The number of rotatable bonds is 5. The molecule has 0 aliphatic rings. The molecule has 1 aromatic rings. The van der Waals surface area contributed by atoms with Crippen LogP contribution in [0.5, 0.6) is 0 Å². The Morgan fingerprint density at radius 3 is 2.57 bits per heavy atom. The van der Waals surface area contributed by atoms with Gasteiger partial charge in [-0.1, -0.05) is 0 Å². The minimum atomic E-state index is -0.129. The predicted octanol–water partition coefficient (Wildman–Crippen LogP) is 0.991. The Bertz CT molecular complexity index is 261. The summed E-state index contributed by atoms with van der Waals surface area (Å²) in [6, 6.07) is 0. The van der Waals surface area contributed by atoms with Crippen molar-refractivity contribution in [1.29, 1.82) is 0 Å². The van der Waals surface area contributed by atoms with Crippen molar-refractivity contribution >= 4 is 0 Å². The largest absolute Gasteiger partial charge is 0.377 e. The summed E-state index contributed by atoms with van der Waals surface area (Å²) in [4.78, 5) is 7.88. The van der Waals surface area contributed by atoms with Crippen molar-refractivity contribution in [1.82, 2.24) is 15.3 Å². The summed E-state index contributed by atoms with van der Waals surface area (Å²) in [5, 5.41) is 3.29. The third-order valence-electron chi connectivity index (χ3n) is 2.05. The van der Waals surface area contributed by atoms with Gasteiger partial charge in [0.1, 0.15) is 6.33 Å². The van der Waals surface area contributed by atoms with E-state index in [0.717, 1.165) is 18.7 Å². The van der Waals surface area contributed by atoms with Crippen molar-refractivity contribution in [3.63, 3.8) is 0 Å². The summed E-state index contributed by atoms with van der Waals surface area (Å²) < 4.78 is 5.28. The number of hydrogen-bond donors (Lipinski definition) is 1. The lowest BCUT2D eigenvalue weighted by Gasteiger charge is -2.23. The molecule has 0 spiro atoms. The van der Waals surface area contributed by atoms with E-state index in [1.54, 1.807) is 19.5 Å². The van der Waals surface area contributed by atoms with Crippen LogP contribution in [0.3, 0.4) is 0 Å². The van der Waals surface area contributed by atoms with Crippen LogP contribution in [0.15, 0.2) is 18.7 Å². The summed E-state index contributed by atoms with van der Waals surface area (Å²) in [5.74, 6) is 0. The fourth-order valence-electron chi connectivity index (χ4n) is 1.00. The summed E-state index contributed by atoms with van der Waals surface area (Å²) in [6.07, 6.45) is 5.14. The van der Waals surface area contributed by atoms with E-state index < -0.39 is 0 Å². The predicted molar refractivity (Wildman–Crippen MR) is 54.8 cm³/mol. The molecule has 1 N–H and O–H groups in total. The number of nitrogens with one attached hydrogen (secondary N) is 1. The average molecular weight is 195 g/mol. The van der Waals surface area contributed by atoms with Crippen LogP contribution in [0, 0.1) is 0 Å². The molecular formula is C10H17N3O. The zero-order chi connectivity index (χ0) is 10.4. The first-order chi connectivity index (χ1) is 6.64. The lowest BCUT2D eigenvalue weighted by atomic mass is 10.1. The van der Waals surface area contributed by atoms with Gasteiger partial charge < -0.3 is 10.1 Å². The first kappa shape index (κ1) is 11.1. The Kier molecular flexibility index (Phi) is 3.98. The van der Waals surface area contributed by atoms with E-state index in [1.807, 2.05) is 13.8 Å². The van der Waals surface area contributed by atoms with Gasteiger partial charge in [-0.3, -0.25) is 0 Å². The second-order valence-electron chi connectivity index (χ2n) is 3.81. The highest BCUT2D eigenvalue weighted by Gasteiger charge is 2.14. The van der Waals surface area contributed by atoms with Gasteiger partial charge in [0.2, 0.25) is 0 Å². The van der Waals surface area contributed by atoms with Gasteiger partial charge in [-0.15, -0.1) is 0 Å². The normalized spacial score (nSPS) is 11.6. The number of methoxy groups -OCH3 is 1. The van der Waals surface area contributed by atoms with Crippen LogP contribution in [0.25, 0.3) is 0 Å². The molecule has 0 aromatic carbocycles. The summed E-state index contributed by atoms with van der Waals surface area (Å²) in [5.41, 5.74) is 0.953. The van der Waals surface area contributed by atoms with Crippen LogP contribution in [-0.4, -0.2) is 29.2 Å². The number of hydrogen-bond acceptors (Lipinski definition) is 4. The monoisotopic (exact) mass is 195 g/mol. The molecule has 1 aromatic heterocycles. The van der Waals surface area contributed by atoms with Crippen LogP contribution in [0.4, 0.5) is 0 Å². The van der Waals surface area contributed by atoms with Crippen molar-refractivity contribution in [2.24, 2.45) is 0 Å². The Labute approximate surface area is 84.7 Å². The number of ether oxygens (including phenoxy) is 1. The molecule has 0 saturated heterocycles. The molecule has 0 unspecified atom stereocenters. The van der Waals surface area contributed by atoms with E-state index in [4.69, 9.17) is 4.74 Å². The summed E-state index contributed by atoms with van der Waals surface area (Å²) in [6.45, 7) is 5.66. The molecule has 0 atom stereocenters. The van der Waals surface area contributed by atoms with Crippen LogP contribution in [-0.2, 0) is 11.3 Å². The van der Waals surface area contributed by atoms with Crippen LogP contribution in [0.2, 0.25) is 0 Å². The molecule has 0 aliphatic heterocycles. The van der Waals surface area contributed by atoms with Crippen molar-refractivity contribution < 1.29 is 4.74 Å². The Hall–Kier alpha value is -1.00. The van der Waals surface area contributed by atoms with Crippen molar-refractivity contribution in [2.45, 2.75) is 26.0 Å². The van der Waals surface area contributed by atoms with Crippen LogP contribution in [0.1, 0.15) is 19.4 Å². The molecule has 0 bridgehead atoms. The second-order valence-corrected chi connectivity index (χ2v) is 3.81. The summed E-state index contributed by atoms with van der Waals surface area (Å²) >= 11 is 0. The van der Waals surface area contributed by atoms with Gasteiger partial charge in [-0.25, -0.2) is 9.97 Å². The standard InChI is InChI=1S/C10H17N3O/c1-10(2,14-3)7-11-4-9-5-12-8-13-6-9/h5-6,8,11H,4,7H2,1-3H3. The number of nitrogens with zero attached hydrogens (tertiary/aromatic N) is 2. The molecule has 0 aliphatic carbocycles. The average Bonchev–Trinajstić information content (AvgIpc) is 2.19. The molecule has 4 nitrogen and oxygen atoms in total. The molecule has 0 saturated carbocycles. The summed E-state index contributed by atoms with van der Waals surface area (Å²) in [7, 11) is 1.72. The van der Waals surface area contributed by atoms with Crippen LogP contribution >= 0.6 is 0 Å². The van der Waals surface area contributed by atoms with Crippen molar-refractivity contribution in [3.8, 4) is 0 Å². The lowest BCUT2D eigenvalue weighted by Crippen LogP contribution is -2.36. The van der Waals surface area contributed by atoms with E-state index in [0.29, 0.717) is 0 Å². The highest BCUT2D eigenvalue weighted by Crippen LogP contribution is 2.05. The first-order valence-electron chi connectivity index (χ1n) is 4.64. The van der Waals surface area contributed by atoms with Gasteiger partial charge in [0.25, 0.3) is 0 Å². The zero-order valence-electron chi connectivity index (χ0n) is 8.95. The molecule has 0 radical (unpaired) electrons. The first-order valence-corrected chi connectivity index (χ1v) is 4.64. The Morgan fingerprint density at radius 1 is 1.36 bits per heavy atom. The fraction of sp³-hybridized carbons (Fsp3) is 0.600. The SMILES string of the molecule is COC(C)(C)CNCc1cncnc1. The number of aromatic nitrogens is 2. The van der Waals surface area contributed by atoms with Gasteiger partial charge in [-0.2, -0.15) is 0 Å². The molecule has 4 heteroatoms. The molecule has 14 heavy (non-hydrogen) atoms. The maximum Gasteiger partial charge on any atom is 0.115 e. The molecule has 1 heterocycles. The van der Waals surface area contributed by atoms with E-state index >= 15 is 0 Å². The molecule has 0 amide bonds. The molecular weight excluding hydrogens is 178 g/mol. The van der Waals surface area contributed by atoms with E-state index in [-0.39, 0.29) is 5.60 Å². The smallest absolute Gasteiger partial charge is 0.115 e. The van der Waals surface area contributed by atoms with Crippen molar-refractivity contribution in [2.75, 3.05) is 13.7 Å². The van der Waals surface area contributed by atoms with E-state index in [9.17, 15) is 0 Å². The lowest BCUT2D eigenvalue weighted by molar-refractivity contribution is 0.0230. The molecule has 78 valence electrons. The quantitative estimate of drug-likeness (QED) is 0.761. The third kappa shape index (κ3) is 3.81. The van der Waals surface area contributed by atoms with Crippen molar-refractivity contribution in [3.05, 3.63) is 24.3 Å². The Morgan fingerprint density at radius 2 is 2.00 bits per heavy atom. The van der Waals surface area contributed by atoms with Gasteiger partial charge in [-0.05, 0) is 13.8 Å². The Balaban J connectivity index is 2.29. The van der Waals surface area contributed by atoms with Gasteiger partial charge in [0.05, 0.1) is 5.60 Å². The van der Waals surface area contributed by atoms with Crippen LogP contribution < -0.4 is 5.32 Å².